The molecule has 0 spiro atoms. The summed E-state index contributed by atoms with van der Waals surface area (Å²) in [6.45, 7) is 9.87. The van der Waals surface area contributed by atoms with Crippen LogP contribution in [0, 0.1) is 0 Å². The average Bonchev–Trinajstić information content (AvgIpc) is 2.59. The molecule has 0 heterocycles. The van der Waals surface area contributed by atoms with E-state index in [9.17, 15) is 10.2 Å². The topological polar surface area (TPSA) is 43.7 Å². The van der Waals surface area contributed by atoms with Gasteiger partial charge >= 0.3 is 0 Å². The molecule has 2 rings (SSSR count). The van der Waals surface area contributed by atoms with E-state index in [1.807, 2.05) is 24.3 Å². The summed E-state index contributed by atoms with van der Waals surface area (Å²) >= 11 is 0. The van der Waals surface area contributed by atoms with Gasteiger partial charge in [0.2, 0.25) is 0 Å². The van der Waals surface area contributed by atoms with Gasteiger partial charge in [-0.05, 0) is 67.9 Å². The first kappa shape index (κ1) is 18.3. The molecule has 3 nitrogen and oxygen atoms in total. The zero-order valence-electron chi connectivity index (χ0n) is 15.0. The molecule has 0 aromatic heterocycles. The number of hydrogen-bond acceptors (Lipinski definition) is 3. The van der Waals surface area contributed by atoms with Crippen LogP contribution in [0.2, 0.25) is 0 Å². The number of aromatic hydroxyl groups is 2. The van der Waals surface area contributed by atoms with E-state index >= 15 is 0 Å². The zero-order valence-corrected chi connectivity index (χ0v) is 15.0. The van der Waals surface area contributed by atoms with Crippen LogP contribution >= 0.6 is 0 Å². The van der Waals surface area contributed by atoms with Gasteiger partial charge in [-0.1, -0.05) is 45.0 Å². The Hall–Kier alpha value is -2.00. The van der Waals surface area contributed by atoms with E-state index in [1.54, 1.807) is 24.3 Å². The molecule has 0 atom stereocenters. The zero-order chi connectivity index (χ0) is 17.6. The molecule has 0 saturated heterocycles. The normalized spacial score (nSPS) is 11.8. The lowest BCUT2D eigenvalue weighted by Crippen LogP contribution is -2.28. The quantitative estimate of drug-likeness (QED) is 0.749. The third-order valence-electron chi connectivity index (χ3n) is 5.05. The number of benzene rings is 2. The second-order valence-electron chi connectivity index (χ2n) is 6.56. The summed E-state index contributed by atoms with van der Waals surface area (Å²) in [6.07, 6.45) is 2.11. The van der Waals surface area contributed by atoms with Gasteiger partial charge in [-0.25, -0.2) is 0 Å². The molecule has 0 amide bonds. The maximum absolute atomic E-state index is 9.60. The van der Waals surface area contributed by atoms with Crippen LogP contribution in [0.1, 0.15) is 44.7 Å². The van der Waals surface area contributed by atoms with Crippen LogP contribution in [-0.2, 0) is 5.41 Å². The number of rotatable bonds is 8. The Balaban J connectivity index is 2.27. The van der Waals surface area contributed by atoms with Crippen molar-refractivity contribution in [3.05, 3.63) is 59.7 Å². The first-order valence-corrected chi connectivity index (χ1v) is 8.81. The van der Waals surface area contributed by atoms with Crippen molar-refractivity contribution in [2.75, 3.05) is 19.6 Å². The Bertz CT molecular complexity index is 570. The molecular weight excluding hydrogens is 298 g/mol. The number of hydrogen-bond donors (Lipinski definition) is 2. The largest absolute Gasteiger partial charge is 0.508 e. The van der Waals surface area contributed by atoms with Crippen LogP contribution in [0.5, 0.6) is 11.5 Å². The first-order valence-electron chi connectivity index (χ1n) is 8.81. The van der Waals surface area contributed by atoms with Crippen molar-refractivity contribution in [3.63, 3.8) is 0 Å². The molecule has 0 fully saturated rings. The van der Waals surface area contributed by atoms with E-state index in [1.165, 1.54) is 11.1 Å². The highest BCUT2D eigenvalue weighted by Gasteiger charge is 2.28. The van der Waals surface area contributed by atoms with Gasteiger partial charge in [0.1, 0.15) is 11.5 Å². The van der Waals surface area contributed by atoms with Crippen LogP contribution in [0.25, 0.3) is 0 Å². The van der Waals surface area contributed by atoms with Gasteiger partial charge in [-0.2, -0.15) is 0 Å². The van der Waals surface area contributed by atoms with Crippen LogP contribution in [0.3, 0.4) is 0 Å². The Labute approximate surface area is 145 Å². The summed E-state index contributed by atoms with van der Waals surface area (Å²) in [5.41, 5.74) is 2.23. The maximum Gasteiger partial charge on any atom is 0.115 e. The average molecular weight is 327 g/mol. The van der Waals surface area contributed by atoms with Crippen molar-refractivity contribution >= 4 is 0 Å². The van der Waals surface area contributed by atoms with Crippen LogP contribution in [0.15, 0.2) is 48.5 Å². The Morgan fingerprint density at radius 1 is 0.792 bits per heavy atom. The van der Waals surface area contributed by atoms with Crippen molar-refractivity contribution in [2.24, 2.45) is 0 Å². The fraction of sp³-hybridized carbons (Fsp3) is 0.429. The van der Waals surface area contributed by atoms with Gasteiger partial charge in [0, 0.05) is 5.41 Å². The SMILES string of the molecule is CCN(CC)CCCC(C)(c1ccc(O)cc1)c1ccc(O)cc1. The van der Waals surface area contributed by atoms with E-state index in [0.29, 0.717) is 0 Å². The smallest absolute Gasteiger partial charge is 0.115 e. The molecule has 3 heteroatoms. The third kappa shape index (κ3) is 4.30. The number of phenolic OH excluding ortho intramolecular Hbond substituents is 2. The predicted octanol–water partition coefficient (Wildman–Crippen LogP) is 4.53. The second-order valence-corrected chi connectivity index (χ2v) is 6.56. The van der Waals surface area contributed by atoms with Crippen molar-refractivity contribution < 1.29 is 10.2 Å². The lowest BCUT2D eigenvalue weighted by atomic mass is 9.73. The fourth-order valence-corrected chi connectivity index (χ4v) is 3.31. The predicted molar refractivity (Wildman–Crippen MR) is 99.7 cm³/mol. The van der Waals surface area contributed by atoms with E-state index < -0.39 is 0 Å². The Morgan fingerprint density at radius 2 is 1.21 bits per heavy atom. The molecule has 2 aromatic carbocycles. The van der Waals surface area contributed by atoms with Crippen LogP contribution in [-0.4, -0.2) is 34.7 Å². The number of nitrogens with zero attached hydrogens (tertiary/aromatic N) is 1. The molecule has 0 saturated carbocycles. The molecule has 0 bridgehead atoms. The van der Waals surface area contributed by atoms with E-state index in [-0.39, 0.29) is 16.9 Å². The molecule has 0 unspecified atom stereocenters. The van der Waals surface area contributed by atoms with Gasteiger partial charge in [-0.15, -0.1) is 0 Å². The first-order chi connectivity index (χ1) is 11.5. The lowest BCUT2D eigenvalue weighted by molar-refractivity contribution is 0.287. The van der Waals surface area contributed by atoms with Crippen molar-refractivity contribution in [3.8, 4) is 11.5 Å². The molecule has 0 aliphatic heterocycles. The molecule has 2 N–H and O–H groups in total. The monoisotopic (exact) mass is 327 g/mol. The minimum atomic E-state index is -0.144. The van der Waals surface area contributed by atoms with Crippen molar-refractivity contribution in [1.29, 1.82) is 0 Å². The van der Waals surface area contributed by atoms with E-state index in [4.69, 9.17) is 0 Å². The summed E-state index contributed by atoms with van der Waals surface area (Å²) < 4.78 is 0. The summed E-state index contributed by atoms with van der Waals surface area (Å²) in [4.78, 5) is 2.44. The maximum atomic E-state index is 9.60. The van der Waals surface area contributed by atoms with Crippen molar-refractivity contribution in [1.82, 2.24) is 4.90 Å². The Morgan fingerprint density at radius 3 is 1.58 bits per heavy atom. The molecule has 0 aliphatic carbocycles. The number of phenols is 2. The molecule has 130 valence electrons. The van der Waals surface area contributed by atoms with Crippen LogP contribution < -0.4 is 0 Å². The van der Waals surface area contributed by atoms with Crippen LogP contribution in [0.4, 0.5) is 0 Å². The summed E-state index contributed by atoms with van der Waals surface area (Å²) in [6, 6.07) is 15.0. The molecule has 2 aromatic rings. The lowest BCUT2D eigenvalue weighted by Gasteiger charge is -2.32. The summed E-state index contributed by atoms with van der Waals surface area (Å²) in [5.74, 6) is 0.574. The highest BCUT2D eigenvalue weighted by Crippen LogP contribution is 2.37. The van der Waals surface area contributed by atoms with Gasteiger partial charge in [0.15, 0.2) is 0 Å². The third-order valence-corrected chi connectivity index (χ3v) is 5.05. The van der Waals surface area contributed by atoms with Crippen molar-refractivity contribution in [2.45, 2.75) is 39.0 Å². The van der Waals surface area contributed by atoms with Gasteiger partial charge in [-0.3, -0.25) is 0 Å². The Kier molecular flexibility index (Phi) is 6.27. The summed E-state index contributed by atoms with van der Waals surface area (Å²) in [5, 5.41) is 19.2. The standard InChI is InChI=1S/C21H29NO2/c1-4-22(5-2)16-6-15-21(3,17-7-11-19(23)12-8-17)18-9-13-20(24)14-10-18/h7-14,23-24H,4-6,15-16H2,1-3H3. The van der Waals surface area contributed by atoms with Gasteiger partial charge in [0.05, 0.1) is 0 Å². The highest BCUT2D eigenvalue weighted by atomic mass is 16.3. The summed E-state index contributed by atoms with van der Waals surface area (Å²) in [7, 11) is 0. The molecule has 0 aliphatic rings. The fourth-order valence-electron chi connectivity index (χ4n) is 3.31. The molecular formula is C21H29NO2. The molecule has 24 heavy (non-hydrogen) atoms. The molecule has 0 radical (unpaired) electrons. The minimum Gasteiger partial charge on any atom is -0.508 e. The van der Waals surface area contributed by atoms with Gasteiger partial charge < -0.3 is 15.1 Å². The highest BCUT2D eigenvalue weighted by molar-refractivity contribution is 5.42. The minimum absolute atomic E-state index is 0.144. The van der Waals surface area contributed by atoms with E-state index in [0.717, 1.165) is 32.5 Å². The van der Waals surface area contributed by atoms with Gasteiger partial charge in [0.25, 0.3) is 0 Å². The van der Waals surface area contributed by atoms with E-state index in [2.05, 4.69) is 25.7 Å². The second kappa shape index (κ2) is 8.20.